The van der Waals surface area contributed by atoms with E-state index in [2.05, 4.69) is 0 Å². The van der Waals surface area contributed by atoms with Crippen LogP contribution in [0, 0.1) is 10.1 Å². The number of benzene rings is 2. The molecule has 128 valence electrons. The molecule has 0 spiro atoms. The minimum atomic E-state index is -1.49. The van der Waals surface area contributed by atoms with E-state index in [0.717, 1.165) is 11.6 Å². The highest BCUT2D eigenvalue weighted by Gasteiger charge is 2.35. The number of nitrogens with zero attached hydrogens (tertiary/aromatic N) is 2. The molecule has 1 heterocycles. The fourth-order valence-corrected chi connectivity index (χ4v) is 4.08. The standard InChI is InChI=1S/C17H14N2O5S/c20-15(12-7-4-8-13(19(23)24)14(12)17(21)22)18-9-10-25-16(18)11-5-2-1-3-6-11/h1-8,16H,9-10H2,(H,21,22). The first-order valence-corrected chi connectivity index (χ1v) is 8.54. The molecule has 1 aliphatic rings. The number of carboxylic acid groups (broad SMARTS) is 1. The highest BCUT2D eigenvalue weighted by molar-refractivity contribution is 7.99. The first kappa shape index (κ1) is 17.0. The Labute approximate surface area is 147 Å². The molecule has 2 aromatic carbocycles. The van der Waals surface area contributed by atoms with Crippen LogP contribution in [0.3, 0.4) is 0 Å². The van der Waals surface area contributed by atoms with Crippen molar-refractivity contribution in [2.24, 2.45) is 0 Å². The number of hydrogen-bond donors (Lipinski definition) is 1. The third-order valence-electron chi connectivity index (χ3n) is 3.92. The van der Waals surface area contributed by atoms with Gasteiger partial charge in [0.05, 0.1) is 10.5 Å². The van der Waals surface area contributed by atoms with Crippen molar-refractivity contribution in [3.8, 4) is 0 Å². The molecule has 1 unspecified atom stereocenters. The summed E-state index contributed by atoms with van der Waals surface area (Å²) in [6.07, 6.45) is 0. The summed E-state index contributed by atoms with van der Waals surface area (Å²) in [7, 11) is 0. The van der Waals surface area contributed by atoms with Gasteiger partial charge in [0.25, 0.3) is 11.6 Å². The molecule has 1 atom stereocenters. The van der Waals surface area contributed by atoms with Gasteiger partial charge >= 0.3 is 5.97 Å². The van der Waals surface area contributed by atoms with Gasteiger partial charge in [0, 0.05) is 18.4 Å². The smallest absolute Gasteiger partial charge is 0.343 e. The topological polar surface area (TPSA) is 101 Å². The number of hydrogen-bond acceptors (Lipinski definition) is 5. The normalized spacial score (nSPS) is 16.6. The van der Waals surface area contributed by atoms with Gasteiger partial charge in [-0.05, 0) is 11.6 Å². The van der Waals surface area contributed by atoms with E-state index in [0.29, 0.717) is 12.3 Å². The summed E-state index contributed by atoms with van der Waals surface area (Å²) >= 11 is 1.58. The van der Waals surface area contributed by atoms with Crippen LogP contribution in [0.15, 0.2) is 48.5 Å². The summed E-state index contributed by atoms with van der Waals surface area (Å²) in [4.78, 5) is 36.4. The molecule has 0 radical (unpaired) electrons. The molecule has 1 amide bonds. The predicted molar refractivity (Wildman–Crippen MR) is 92.7 cm³/mol. The van der Waals surface area contributed by atoms with E-state index in [9.17, 15) is 24.8 Å². The fraction of sp³-hybridized carbons (Fsp3) is 0.176. The van der Waals surface area contributed by atoms with Gasteiger partial charge in [-0.2, -0.15) is 0 Å². The quantitative estimate of drug-likeness (QED) is 0.665. The molecule has 1 N–H and O–H groups in total. The van der Waals surface area contributed by atoms with Crippen LogP contribution in [0.25, 0.3) is 0 Å². The average Bonchev–Trinajstić information content (AvgIpc) is 3.10. The van der Waals surface area contributed by atoms with Crippen LogP contribution in [0.5, 0.6) is 0 Å². The van der Waals surface area contributed by atoms with E-state index in [1.54, 1.807) is 16.7 Å². The highest BCUT2D eigenvalue weighted by atomic mass is 32.2. The van der Waals surface area contributed by atoms with E-state index in [-0.39, 0.29) is 10.9 Å². The van der Waals surface area contributed by atoms with Gasteiger partial charge in [0.1, 0.15) is 10.9 Å². The second kappa shape index (κ2) is 6.94. The summed E-state index contributed by atoms with van der Waals surface area (Å²) in [6, 6.07) is 13.2. The Morgan fingerprint density at radius 2 is 1.88 bits per heavy atom. The van der Waals surface area contributed by atoms with E-state index in [1.807, 2.05) is 30.3 Å². The van der Waals surface area contributed by atoms with Crippen molar-refractivity contribution in [1.29, 1.82) is 0 Å². The number of nitro benzene ring substituents is 1. The Morgan fingerprint density at radius 3 is 2.52 bits per heavy atom. The van der Waals surface area contributed by atoms with Crippen molar-refractivity contribution in [1.82, 2.24) is 4.90 Å². The lowest BCUT2D eigenvalue weighted by molar-refractivity contribution is -0.385. The molecule has 7 nitrogen and oxygen atoms in total. The summed E-state index contributed by atoms with van der Waals surface area (Å²) in [5.74, 6) is -1.29. The van der Waals surface area contributed by atoms with Gasteiger partial charge in [-0.15, -0.1) is 11.8 Å². The number of amides is 1. The first-order valence-electron chi connectivity index (χ1n) is 7.49. The maximum atomic E-state index is 13.0. The lowest BCUT2D eigenvalue weighted by Crippen LogP contribution is -2.31. The number of carbonyl (C=O) groups excluding carboxylic acids is 1. The first-order chi connectivity index (χ1) is 12.0. The van der Waals surface area contributed by atoms with E-state index >= 15 is 0 Å². The van der Waals surface area contributed by atoms with Crippen molar-refractivity contribution in [2.75, 3.05) is 12.3 Å². The minimum absolute atomic E-state index is 0.162. The maximum Gasteiger partial charge on any atom is 0.343 e. The van der Waals surface area contributed by atoms with Crippen LogP contribution in [-0.4, -0.2) is 39.1 Å². The Hall–Kier alpha value is -2.87. The molecule has 1 saturated heterocycles. The SMILES string of the molecule is O=C(O)c1c(C(=O)N2CCSC2c2ccccc2)cccc1[N+](=O)[O-]. The van der Waals surface area contributed by atoms with E-state index < -0.39 is 28.1 Å². The molecule has 1 fully saturated rings. The Balaban J connectivity index is 2.02. The number of nitro groups is 1. The van der Waals surface area contributed by atoms with Crippen LogP contribution in [0.1, 0.15) is 31.7 Å². The number of carboxylic acids is 1. The van der Waals surface area contributed by atoms with Crippen LogP contribution in [0.4, 0.5) is 5.69 Å². The number of aromatic carboxylic acids is 1. The number of carbonyl (C=O) groups is 2. The molecule has 3 rings (SSSR count). The summed E-state index contributed by atoms with van der Waals surface area (Å²) in [5.41, 5.74) is -0.381. The predicted octanol–water partition coefficient (Wildman–Crippen LogP) is 3.18. The molecular formula is C17H14N2O5S. The van der Waals surface area contributed by atoms with Crippen molar-refractivity contribution < 1.29 is 19.6 Å². The molecule has 25 heavy (non-hydrogen) atoms. The molecule has 0 aromatic heterocycles. The van der Waals surface area contributed by atoms with Gasteiger partial charge in [-0.1, -0.05) is 36.4 Å². The van der Waals surface area contributed by atoms with Crippen molar-refractivity contribution >= 4 is 29.3 Å². The van der Waals surface area contributed by atoms with Crippen LogP contribution >= 0.6 is 11.8 Å². The number of thioether (sulfide) groups is 1. The van der Waals surface area contributed by atoms with E-state index in [1.165, 1.54) is 12.1 Å². The molecule has 0 saturated carbocycles. The van der Waals surface area contributed by atoms with Crippen molar-refractivity contribution in [3.63, 3.8) is 0 Å². The zero-order valence-electron chi connectivity index (χ0n) is 13.0. The molecular weight excluding hydrogens is 344 g/mol. The largest absolute Gasteiger partial charge is 0.477 e. The van der Waals surface area contributed by atoms with Gasteiger partial charge in [-0.25, -0.2) is 4.79 Å². The monoisotopic (exact) mass is 358 g/mol. The minimum Gasteiger partial charge on any atom is -0.477 e. The zero-order chi connectivity index (χ0) is 18.0. The lowest BCUT2D eigenvalue weighted by atomic mass is 10.0. The van der Waals surface area contributed by atoms with Gasteiger partial charge in [0.2, 0.25) is 0 Å². The molecule has 1 aliphatic heterocycles. The third kappa shape index (κ3) is 3.20. The van der Waals surface area contributed by atoms with Gasteiger partial charge in [-0.3, -0.25) is 14.9 Å². The fourth-order valence-electron chi connectivity index (χ4n) is 2.82. The molecule has 0 bridgehead atoms. The highest BCUT2D eigenvalue weighted by Crippen LogP contribution is 2.39. The van der Waals surface area contributed by atoms with Gasteiger partial charge in [0.15, 0.2) is 0 Å². The van der Waals surface area contributed by atoms with Crippen LogP contribution in [0.2, 0.25) is 0 Å². The Bertz CT molecular complexity index is 840. The number of rotatable bonds is 4. The zero-order valence-corrected chi connectivity index (χ0v) is 13.8. The van der Waals surface area contributed by atoms with Crippen molar-refractivity contribution in [3.05, 3.63) is 75.3 Å². The molecule has 2 aromatic rings. The summed E-state index contributed by atoms with van der Waals surface area (Å²) in [6.45, 7) is 0.449. The second-order valence-corrected chi connectivity index (χ2v) is 6.58. The van der Waals surface area contributed by atoms with Crippen molar-refractivity contribution in [2.45, 2.75) is 5.37 Å². The van der Waals surface area contributed by atoms with Gasteiger partial charge < -0.3 is 10.0 Å². The van der Waals surface area contributed by atoms with E-state index in [4.69, 9.17) is 0 Å². The Morgan fingerprint density at radius 1 is 1.16 bits per heavy atom. The third-order valence-corrected chi connectivity index (χ3v) is 5.18. The summed E-state index contributed by atoms with van der Waals surface area (Å²) in [5, 5.41) is 20.3. The average molecular weight is 358 g/mol. The lowest BCUT2D eigenvalue weighted by Gasteiger charge is -2.24. The molecule has 8 heteroatoms. The maximum absolute atomic E-state index is 13.0. The second-order valence-electron chi connectivity index (χ2n) is 5.39. The van der Waals surface area contributed by atoms with Crippen LogP contribution < -0.4 is 0 Å². The summed E-state index contributed by atoms with van der Waals surface area (Å²) < 4.78 is 0. The molecule has 0 aliphatic carbocycles. The Kier molecular flexibility index (Phi) is 4.71. The van der Waals surface area contributed by atoms with Crippen LogP contribution in [-0.2, 0) is 0 Å².